The van der Waals surface area contributed by atoms with Crippen molar-refractivity contribution in [2.24, 2.45) is 11.7 Å². The van der Waals surface area contributed by atoms with Crippen LogP contribution in [-0.2, 0) is 4.79 Å². The lowest BCUT2D eigenvalue weighted by atomic mass is 10.0. The molecule has 0 heterocycles. The molecule has 94 valence electrons. The van der Waals surface area contributed by atoms with E-state index >= 15 is 0 Å². The monoisotopic (exact) mass is 234 g/mol. The van der Waals surface area contributed by atoms with Crippen LogP contribution in [0.15, 0.2) is 12.1 Å². The Kier molecular flexibility index (Phi) is 4.70. The second-order valence-electron chi connectivity index (χ2n) is 4.74. The quantitative estimate of drug-likeness (QED) is 0.841. The Hall–Kier alpha value is -1.35. The lowest BCUT2D eigenvalue weighted by Crippen LogP contribution is -2.23. The van der Waals surface area contributed by atoms with E-state index in [1.165, 1.54) is 5.56 Å². The molecular formula is C14H22N2O. The van der Waals surface area contributed by atoms with E-state index in [1.54, 1.807) is 0 Å². The van der Waals surface area contributed by atoms with Gasteiger partial charge >= 0.3 is 0 Å². The Balaban J connectivity index is 2.85. The first-order valence-corrected chi connectivity index (χ1v) is 6.04. The first kappa shape index (κ1) is 13.7. The van der Waals surface area contributed by atoms with Gasteiger partial charge in [0.1, 0.15) is 0 Å². The fraction of sp³-hybridized carbons (Fsp3) is 0.500. The normalized spacial score (nSPS) is 12.3. The zero-order chi connectivity index (χ0) is 13.0. The molecule has 0 aliphatic heterocycles. The Morgan fingerprint density at radius 1 is 1.29 bits per heavy atom. The summed E-state index contributed by atoms with van der Waals surface area (Å²) >= 11 is 0. The molecule has 0 aromatic heterocycles. The highest BCUT2D eigenvalue weighted by Crippen LogP contribution is 2.22. The molecular weight excluding hydrogens is 212 g/mol. The molecule has 3 nitrogen and oxygen atoms in total. The van der Waals surface area contributed by atoms with Crippen LogP contribution in [0.4, 0.5) is 5.69 Å². The van der Waals surface area contributed by atoms with E-state index in [9.17, 15) is 4.79 Å². The molecule has 3 N–H and O–H groups in total. The molecule has 3 heteroatoms. The van der Waals surface area contributed by atoms with Gasteiger partial charge in [0.15, 0.2) is 0 Å². The van der Waals surface area contributed by atoms with Crippen LogP contribution in [0.2, 0.25) is 0 Å². The van der Waals surface area contributed by atoms with Crippen molar-refractivity contribution in [1.82, 2.24) is 0 Å². The fourth-order valence-electron chi connectivity index (χ4n) is 2.00. The molecule has 0 aliphatic carbocycles. The molecule has 0 aliphatic rings. The summed E-state index contributed by atoms with van der Waals surface area (Å²) in [6.07, 6.45) is 0.718. The molecule has 1 atom stereocenters. The molecule has 1 amide bonds. The summed E-state index contributed by atoms with van der Waals surface area (Å²) in [4.78, 5) is 11.9. The minimum Gasteiger partial charge on any atom is -0.330 e. The van der Waals surface area contributed by atoms with Gasteiger partial charge in [0.05, 0.1) is 0 Å². The maximum Gasteiger partial charge on any atom is 0.227 e. The lowest BCUT2D eigenvalue weighted by molar-refractivity contribution is -0.119. The Morgan fingerprint density at radius 3 is 2.29 bits per heavy atom. The average Bonchev–Trinajstić information content (AvgIpc) is 2.23. The zero-order valence-electron chi connectivity index (χ0n) is 11.1. The Labute approximate surface area is 103 Å². The minimum atomic E-state index is -0.0416. The molecule has 0 radical (unpaired) electrons. The van der Waals surface area contributed by atoms with Crippen molar-refractivity contribution in [3.8, 4) is 0 Å². The van der Waals surface area contributed by atoms with Gasteiger partial charge < -0.3 is 11.1 Å². The van der Waals surface area contributed by atoms with Gasteiger partial charge in [0.25, 0.3) is 0 Å². The van der Waals surface area contributed by atoms with Crippen LogP contribution >= 0.6 is 0 Å². The third kappa shape index (κ3) is 3.56. The number of anilines is 1. The van der Waals surface area contributed by atoms with E-state index in [4.69, 9.17) is 5.73 Å². The van der Waals surface area contributed by atoms with Crippen LogP contribution in [0.1, 0.15) is 30.0 Å². The van der Waals surface area contributed by atoms with Gasteiger partial charge in [-0.2, -0.15) is 0 Å². The summed E-state index contributed by atoms with van der Waals surface area (Å²) in [5.41, 5.74) is 9.83. The van der Waals surface area contributed by atoms with Crippen molar-refractivity contribution in [2.45, 2.75) is 34.1 Å². The highest BCUT2D eigenvalue weighted by atomic mass is 16.1. The highest BCUT2D eigenvalue weighted by Gasteiger charge is 2.14. The van der Waals surface area contributed by atoms with Gasteiger partial charge in [-0.05, 0) is 44.9 Å². The number of aryl methyl sites for hydroxylation is 3. The second kappa shape index (κ2) is 5.82. The number of benzene rings is 1. The number of nitrogens with two attached hydrogens (primary N) is 1. The molecule has 17 heavy (non-hydrogen) atoms. The minimum absolute atomic E-state index is 0.0416. The summed E-state index contributed by atoms with van der Waals surface area (Å²) in [7, 11) is 0. The van der Waals surface area contributed by atoms with Crippen LogP contribution in [0.3, 0.4) is 0 Å². The molecule has 1 rings (SSSR count). The topological polar surface area (TPSA) is 55.1 Å². The van der Waals surface area contributed by atoms with Gasteiger partial charge in [-0.25, -0.2) is 0 Å². The van der Waals surface area contributed by atoms with E-state index in [-0.39, 0.29) is 11.8 Å². The SMILES string of the molecule is Cc1cc(C)c(NC(=O)C(C)CCN)c(C)c1. The van der Waals surface area contributed by atoms with Gasteiger partial charge in [0.2, 0.25) is 5.91 Å². The number of rotatable bonds is 4. The maximum atomic E-state index is 11.9. The number of carbonyl (C=O) groups excluding carboxylic acids is 1. The molecule has 1 unspecified atom stereocenters. The van der Waals surface area contributed by atoms with Crippen molar-refractivity contribution >= 4 is 11.6 Å². The average molecular weight is 234 g/mol. The third-order valence-electron chi connectivity index (χ3n) is 2.97. The van der Waals surface area contributed by atoms with Crippen molar-refractivity contribution in [3.05, 3.63) is 28.8 Å². The van der Waals surface area contributed by atoms with Crippen molar-refractivity contribution in [3.63, 3.8) is 0 Å². The number of hydrogen-bond acceptors (Lipinski definition) is 2. The maximum absolute atomic E-state index is 11.9. The smallest absolute Gasteiger partial charge is 0.227 e. The van der Waals surface area contributed by atoms with Gasteiger partial charge in [-0.1, -0.05) is 24.6 Å². The van der Waals surface area contributed by atoms with E-state index in [0.29, 0.717) is 6.54 Å². The molecule has 0 bridgehead atoms. The number of carbonyl (C=O) groups is 1. The van der Waals surface area contributed by atoms with Gasteiger partial charge in [-0.15, -0.1) is 0 Å². The van der Waals surface area contributed by atoms with E-state index < -0.39 is 0 Å². The molecule has 0 fully saturated rings. The predicted molar refractivity (Wildman–Crippen MR) is 72.1 cm³/mol. The van der Waals surface area contributed by atoms with Gasteiger partial charge in [-0.3, -0.25) is 4.79 Å². The Bertz CT molecular complexity index is 390. The number of amides is 1. The first-order chi connectivity index (χ1) is 7.95. The molecule has 0 saturated carbocycles. The summed E-state index contributed by atoms with van der Waals surface area (Å²) in [5, 5.41) is 3.00. The van der Waals surface area contributed by atoms with Gasteiger partial charge in [0, 0.05) is 11.6 Å². The summed E-state index contributed by atoms with van der Waals surface area (Å²) in [6.45, 7) is 8.54. The third-order valence-corrected chi connectivity index (χ3v) is 2.97. The molecule has 1 aromatic rings. The van der Waals surface area contributed by atoms with Crippen LogP contribution in [0.5, 0.6) is 0 Å². The second-order valence-corrected chi connectivity index (χ2v) is 4.74. The summed E-state index contributed by atoms with van der Waals surface area (Å²) in [5.74, 6) is 0.00519. The standard InChI is InChI=1S/C14H22N2O/c1-9-7-11(3)13(12(4)8-9)16-14(17)10(2)5-6-15/h7-8,10H,5-6,15H2,1-4H3,(H,16,17). The molecule has 0 spiro atoms. The summed E-state index contributed by atoms with van der Waals surface area (Å²) < 4.78 is 0. The molecule has 1 aromatic carbocycles. The lowest BCUT2D eigenvalue weighted by Gasteiger charge is -2.15. The first-order valence-electron chi connectivity index (χ1n) is 6.04. The van der Waals surface area contributed by atoms with E-state index in [0.717, 1.165) is 23.2 Å². The van der Waals surface area contributed by atoms with Crippen LogP contribution in [-0.4, -0.2) is 12.5 Å². The zero-order valence-corrected chi connectivity index (χ0v) is 11.1. The van der Waals surface area contributed by atoms with Crippen LogP contribution in [0.25, 0.3) is 0 Å². The summed E-state index contributed by atoms with van der Waals surface area (Å²) in [6, 6.07) is 4.16. The predicted octanol–water partition coefficient (Wildman–Crippen LogP) is 2.54. The molecule has 0 saturated heterocycles. The number of nitrogens with one attached hydrogen (secondary N) is 1. The van der Waals surface area contributed by atoms with Crippen LogP contribution in [0, 0.1) is 26.7 Å². The Morgan fingerprint density at radius 2 is 1.82 bits per heavy atom. The van der Waals surface area contributed by atoms with Crippen LogP contribution < -0.4 is 11.1 Å². The van der Waals surface area contributed by atoms with E-state index in [2.05, 4.69) is 24.4 Å². The van der Waals surface area contributed by atoms with Crippen molar-refractivity contribution in [2.75, 3.05) is 11.9 Å². The fourth-order valence-corrected chi connectivity index (χ4v) is 2.00. The van der Waals surface area contributed by atoms with Crippen molar-refractivity contribution in [1.29, 1.82) is 0 Å². The van der Waals surface area contributed by atoms with E-state index in [1.807, 2.05) is 20.8 Å². The largest absolute Gasteiger partial charge is 0.330 e. The highest BCUT2D eigenvalue weighted by molar-refractivity contribution is 5.93. The van der Waals surface area contributed by atoms with Crippen molar-refractivity contribution < 1.29 is 4.79 Å². The number of hydrogen-bond donors (Lipinski definition) is 2.